The number of thiazole rings is 1. The molecule has 0 N–H and O–H groups in total. The Morgan fingerprint density at radius 1 is 1.09 bits per heavy atom. The highest BCUT2D eigenvalue weighted by Crippen LogP contribution is 2.40. The summed E-state index contributed by atoms with van der Waals surface area (Å²) >= 11 is 13.8. The smallest absolute Gasteiger partial charge is 0.239 e. The summed E-state index contributed by atoms with van der Waals surface area (Å²) in [5, 5.41) is 0.0598. The van der Waals surface area contributed by atoms with Crippen LogP contribution in [0.25, 0.3) is 11.0 Å². The Hall–Kier alpha value is -1.09. The van der Waals surface area contributed by atoms with Crippen molar-refractivity contribution in [1.82, 2.24) is 15.0 Å². The number of alkyl halides is 3. The SMILES string of the molecule is Cc1cnc(Sc2nc3cc(Cl)c(Cl)cc3nc2C(F)(F)F)s1. The van der Waals surface area contributed by atoms with Gasteiger partial charge in [-0.3, -0.25) is 0 Å². The van der Waals surface area contributed by atoms with Gasteiger partial charge in [-0.15, -0.1) is 11.3 Å². The molecule has 10 heteroatoms. The van der Waals surface area contributed by atoms with Crippen molar-refractivity contribution in [3.05, 3.63) is 38.9 Å². The highest BCUT2D eigenvalue weighted by atomic mass is 35.5. The quantitative estimate of drug-likeness (QED) is 0.543. The van der Waals surface area contributed by atoms with Crippen molar-refractivity contribution in [3.63, 3.8) is 0 Å². The van der Waals surface area contributed by atoms with E-state index in [1.54, 1.807) is 6.20 Å². The number of hydrogen-bond donors (Lipinski definition) is 0. The minimum absolute atomic E-state index is 0.0337. The van der Waals surface area contributed by atoms with Gasteiger partial charge in [0.2, 0.25) is 0 Å². The maximum Gasteiger partial charge on any atom is 0.436 e. The van der Waals surface area contributed by atoms with Crippen LogP contribution in [0.15, 0.2) is 27.7 Å². The van der Waals surface area contributed by atoms with Crippen LogP contribution >= 0.6 is 46.3 Å². The number of aryl methyl sites for hydroxylation is 1. The zero-order chi connectivity index (χ0) is 16.8. The molecule has 0 atom stereocenters. The first-order valence-corrected chi connectivity index (χ1v) is 8.47. The summed E-state index contributed by atoms with van der Waals surface area (Å²) in [6.45, 7) is 1.82. The standard InChI is InChI=1S/C13H6Cl2F3N3S2/c1-5-4-19-12(22-5)23-11-10(13(16,17)18)20-8-2-6(14)7(15)3-9(8)21-11/h2-4H,1H3. The zero-order valence-electron chi connectivity index (χ0n) is 11.3. The molecule has 1 aromatic carbocycles. The summed E-state index contributed by atoms with van der Waals surface area (Å²) in [5.41, 5.74) is -0.796. The van der Waals surface area contributed by atoms with E-state index in [1.807, 2.05) is 6.92 Å². The van der Waals surface area contributed by atoms with Crippen LogP contribution in [0.1, 0.15) is 10.6 Å². The second kappa shape index (κ2) is 6.08. The fourth-order valence-corrected chi connectivity index (χ4v) is 4.03. The van der Waals surface area contributed by atoms with E-state index in [9.17, 15) is 13.2 Å². The molecule has 0 unspecified atom stereocenters. The van der Waals surface area contributed by atoms with Crippen LogP contribution < -0.4 is 0 Å². The van der Waals surface area contributed by atoms with E-state index in [0.717, 1.165) is 16.6 Å². The van der Waals surface area contributed by atoms with E-state index >= 15 is 0 Å². The molecule has 0 saturated heterocycles. The molecule has 23 heavy (non-hydrogen) atoms. The topological polar surface area (TPSA) is 38.7 Å². The van der Waals surface area contributed by atoms with Gasteiger partial charge in [0.25, 0.3) is 0 Å². The zero-order valence-corrected chi connectivity index (χ0v) is 14.4. The summed E-state index contributed by atoms with van der Waals surface area (Å²) < 4.78 is 40.3. The lowest BCUT2D eigenvalue weighted by Gasteiger charge is -2.11. The lowest BCUT2D eigenvalue weighted by Crippen LogP contribution is -2.11. The van der Waals surface area contributed by atoms with Crippen LogP contribution in [0, 0.1) is 6.92 Å². The number of fused-ring (bicyclic) bond motifs is 1. The molecule has 0 saturated carbocycles. The first-order chi connectivity index (χ1) is 10.7. The molecule has 3 rings (SSSR count). The second-order valence-corrected chi connectivity index (χ2v) is 7.75. The van der Waals surface area contributed by atoms with Crippen LogP contribution in [0.2, 0.25) is 10.0 Å². The van der Waals surface area contributed by atoms with Crippen molar-refractivity contribution in [2.45, 2.75) is 22.5 Å². The first-order valence-electron chi connectivity index (χ1n) is 6.08. The average Bonchev–Trinajstić information content (AvgIpc) is 2.84. The van der Waals surface area contributed by atoms with Gasteiger partial charge in [-0.05, 0) is 30.8 Å². The van der Waals surface area contributed by atoms with Gasteiger partial charge in [-0.1, -0.05) is 23.2 Å². The van der Waals surface area contributed by atoms with Gasteiger partial charge in [-0.2, -0.15) is 13.2 Å². The van der Waals surface area contributed by atoms with Crippen LogP contribution in [-0.2, 0) is 6.18 Å². The molecule has 2 aromatic heterocycles. The van der Waals surface area contributed by atoms with Gasteiger partial charge >= 0.3 is 6.18 Å². The monoisotopic (exact) mass is 395 g/mol. The average molecular weight is 396 g/mol. The Balaban J connectivity index is 2.18. The van der Waals surface area contributed by atoms with E-state index < -0.39 is 11.9 Å². The van der Waals surface area contributed by atoms with Crippen molar-refractivity contribution in [2.24, 2.45) is 0 Å². The summed E-state index contributed by atoms with van der Waals surface area (Å²) in [4.78, 5) is 12.7. The molecule has 0 bridgehead atoms. The van der Waals surface area contributed by atoms with Crippen LogP contribution in [0.4, 0.5) is 13.2 Å². The Morgan fingerprint density at radius 3 is 2.22 bits per heavy atom. The van der Waals surface area contributed by atoms with E-state index in [4.69, 9.17) is 23.2 Å². The fourth-order valence-electron chi connectivity index (χ4n) is 1.76. The number of nitrogens with zero attached hydrogens (tertiary/aromatic N) is 3. The van der Waals surface area contributed by atoms with E-state index in [1.165, 1.54) is 23.5 Å². The van der Waals surface area contributed by atoms with Crippen LogP contribution in [0.5, 0.6) is 0 Å². The number of hydrogen-bond acceptors (Lipinski definition) is 5. The number of aromatic nitrogens is 3. The maximum absolute atomic E-state index is 13.3. The second-order valence-electron chi connectivity index (χ2n) is 4.47. The molecule has 0 spiro atoms. The van der Waals surface area contributed by atoms with Gasteiger partial charge in [0.15, 0.2) is 10.0 Å². The Kier molecular flexibility index (Phi) is 4.43. The molecule has 0 radical (unpaired) electrons. The molecule has 0 fully saturated rings. The molecule has 3 nitrogen and oxygen atoms in total. The number of benzene rings is 1. The van der Waals surface area contributed by atoms with Crippen molar-refractivity contribution in [1.29, 1.82) is 0 Å². The van der Waals surface area contributed by atoms with Crippen molar-refractivity contribution < 1.29 is 13.2 Å². The highest BCUT2D eigenvalue weighted by molar-refractivity contribution is 8.01. The molecular formula is C13H6Cl2F3N3S2. The summed E-state index contributed by atoms with van der Waals surface area (Å²) in [6.07, 6.45) is -3.05. The van der Waals surface area contributed by atoms with Gasteiger partial charge in [-0.25, -0.2) is 15.0 Å². The Morgan fingerprint density at radius 2 is 1.70 bits per heavy atom. The fraction of sp³-hybridized carbons (Fsp3) is 0.154. The summed E-state index contributed by atoms with van der Waals surface area (Å²) in [6, 6.07) is 2.66. The molecule has 0 aliphatic rings. The normalized spacial score (nSPS) is 12.1. The molecule has 2 heterocycles. The number of rotatable bonds is 2. The summed E-state index contributed by atoms with van der Waals surface area (Å²) in [5.74, 6) is 0. The molecular weight excluding hydrogens is 390 g/mol. The van der Waals surface area contributed by atoms with Gasteiger partial charge in [0, 0.05) is 11.1 Å². The predicted octanol–water partition coefficient (Wildman–Crippen LogP) is 5.87. The molecule has 120 valence electrons. The first kappa shape index (κ1) is 16.8. The lowest BCUT2D eigenvalue weighted by molar-refractivity contribution is -0.143. The Bertz CT molecular complexity index is 896. The third kappa shape index (κ3) is 3.55. The van der Waals surface area contributed by atoms with E-state index in [-0.39, 0.29) is 26.1 Å². The molecule has 0 amide bonds. The van der Waals surface area contributed by atoms with Crippen molar-refractivity contribution in [2.75, 3.05) is 0 Å². The van der Waals surface area contributed by atoms with Gasteiger partial charge in [0.1, 0.15) is 5.03 Å². The minimum atomic E-state index is -4.64. The molecule has 3 aromatic rings. The maximum atomic E-state index is 13.3. The highest BCUT2D eigenvalue weighted by Gasteiger charge is 2.37. The van der Waals surface area contributed by atoms with E-state index in [0.29, 0.717) is 4.34 Å². The predicted molar refractivity (Wildman–Crippen MR) is 85.5 cm³/mol. The largest absolute Gasteiger partial charge is 0.436 e. The number of halogens is 5. The summed E-state index contributed by atoms with van der Waals surface area (Å²) in [7, 11) is 0. The minimum Gasteiger partial charge on any atom is -0.239 e. The van der Waals surface area contributed by atoms with Crippen molar-refractivity contribution in [3.8, 4) is 0 Å². The van der Waals surface area contributed by atoms with Crippen LogP contribution in [0.3, 0.4) is 0 Å². The van der Waals surface area contributed by atoms with Gasteiger partial charge < -0.3 is 0 Å². The molecule has 0 aliphatic carbocycles. The lowest BCUT2D eigenvalue weighted by atomic mass is 10.3. The van der Waals surface area contributed by atoms with Crippen molar-refractivity contribution >= 4 is 57.3 Å². The van der Waals surface area contributed by atoms with E-state index in [2.05, 4.69) is 15.0 Å². The Labute approximate surface area is 146 Å². The van der Waals surface area contributed by atoms with Gasteiger partial charge in [0.05, 0.1) is 21.1 Å². The molecule has 0 aliphatic heterocycles. The van der Waals surface area contributed by atoms with Crippen LogP contribution in [-0.4, -0.2) is 15.0 Å². The third-order valence-electron chi connectivity index (χ3n) is 2.73. The third-order valence-corrected chi connectivity index (χ3v) is 5.41.